The van der Waals surface area contributed by atoms with Gasteiger partial charge >= 0.3 is 5.97 Å². The molecule has 7 nitrogen and oxygen atoms in total. The number of ether oxygens (including phenoxy) is 1. The second-order valence-corrected chi connectivity index (χ2v) is 4.45. The number of aryl methyl sites for hydroxylation is 1. The molecular formula is C13H19N5O2. The molecule has 2 rings (SSSR count). The van der Waals surface area contributed by atoms with E-state index in [4.69, 9.17) is 4.74 Å². The lowest BCUT2D eigenvalue weighted by atomic mass is 10.2. The van der Waals surface area contributed by atoms with Crippen LogP contribution in [0.15, 0.2) is 12.5 Å². The van der Waals surface area contributed by atoms with Gasteiger partial charge in [-0.25, -0.2) is 14.5 Å². The highest BCUT2D eigenvalue weighted by Gasteiger charge is 2.20. The molecule has 20 heavy (non-hydrogen) atoms. The van der Waals surface area contributed by atoms with Crippen molar-refractivity contribution < 1.29 is 9.53 Å². The van der Waals surface area contributed by atoms with Crippen LogP contribution >= 0.6 is 0 Å². The van der Waals surface area contributed by atoms with E-state index in [1.165, 1.54) is 7.11 Å². The Morgan fingerprint density at radius 1 is 1.40 bits per heavy atom. The Kier molecular flexibility index (Phi) is 4.49. The summed E-state index contributed by atoms with van der Waals surface area (Å²) in [7, 11) is 1.35. The highest BCUT2D eigenvalue weighted by Crippen LogP contribution is 2.12. The molecule has 0 bridgehead atoms. The molecule has 0 radical (unpaired) electrons. The van der Waals surface area contributed by atoms with Gasteiger partial charge in [0, 0.05) is 6.54 Å². The molecule has 0 aliphatic carbocycles. The maximum atomic E-state index is 11.7. The zero-order valence-corrected chi connectivity index (χ0v) is 12.0. The Hall–Kier alpha value is -2.18. The summed E-state index contributed by atoms with van der Waals surface area (Å²) in [5, 5.41) is 8.03. The van der Waals surface area contributed by atoms with Gasteiger partial charge in [-0.3, -0.25) is 0 Å². The summed E-state index contributed by atoms with van der Waals surface area (Å²) < 4.78 is 8.53. The fourth-order valence-corrected chi connectivity index (χ4v) is 2.12. The van der Waals surface area contributed by atoms with Gasteiger partial charge in [0.05, 0.1) is 37.6 Å². The van der Waals surface area contributed by atoms with Crippen molar-refractivity contribution in [2.75, 3.05) is 7.11 Å². The molecular weight excluding hydrogens is 258 g/mol. The number of nitrogens with zero attached hydrogens (tertiary/aromatic N) is 5. The maximum absolute atomic E-state index is 11.7. The van der Waals surface area contributed by atoms with E-state index in [0.29, 0.717) is 12.2 Å². The van der Waals surface area contributed by atoms with Crippen LogP contribution in [-0.4, -0.2) is 37.6 Å². The van der Waals surface area contributed by atoms with Crippen LogP contribution in [0.2, 0.25) is 0 Å². The van der Waals surface area contributed by atoms with E-state index >= 15 is 0 Å². The summed E-state index contributed by atoms with van der Waals surface area (Å²) >= 11 is 0. The molecule has 0 unspecified atom stereocenters. The zero-order valence-electron chi connectivity index (χ0n) is 12.0. The second-order valence-electron chi connectivity index (χ2n) is 4.45. The topological polar surface area (TPSA) is 74.8 Å². The number of carbonyl (C=O) groups excluding carboxylic acids is 1. The third-order valence-corrected chi connectivity index (χ3v) is 3.15. The average Bonchev–Trinajstić information content (AvgIpc) is 3.06. The molecule has 0 aliphatic heterocycles. The third kappa shape index (κ3) is 2.71. The van der Waals surface area contributed by atoms with Crippen molar-refractivity contribution in [2.45, 2.75) is 39.8 Å². The van der Waals surface area contributed by atoms with Crippen molar-refractivity contribution in [3.05, 3.63) is 29.6 Å². The van der Waals surface area contributed by atoms with Crippen molar-refractivity contribution in [3.63, 3.8) is 0 Å². The van der Waals surface area contributed by atoms with Crippen molar-refractivity contribution in [1.82, 2.24) is 24.5 Å². The van der Waals surface area contributed by atoms with Gasteiger partial charge in [0.15, 0.2) is 5.69 Å². The Morgan fingerprint density at radius 2 is 2.20 bits per heavy atom. The molecule has 0 aromatic carbocycles. The van der Waals surface area contributed by atoms with Crippen LogP contribution < -0.4 is 0 Å². The van der Waals surface area contributed by atoms with E-state index in [-0.39, 0.29) is 0 Å². The largest absolute Gasteiger partial charge is 0.464 e. The molecule has 0 atom stereocenters. The summed E-state index contributed by atoms with van der Waals surface area (Å²) in [6, 6.07) is 0. The van der Waals surface area contributed by atoms with Crippen molar-refractivity contribution >= 4 is 5.97 Å². The van der Waals surface area contributed by atoms with E-state index in [1.54, 1.807) is 17.2 Å². The van der Waals surface area contributed by atoms with Gasteiger partial charge in [0.25, 0.3) is 0 Å². The predicted molar refractivity (Wildman–Crippen MR) is 72.4 cm³/mol. The lowest BCUT2D eigenvalue weighted by molar-refractivity contribution is 0.0592. The number of esters is 1. The fourth-order valence-electron chi connectivity index (χ4n) is 2.12. The summed E-state index contributed by atoms with van der Waals surface area (Å²) in [5.74, 6) is -0.441. The van der Waals surface area contributed by atoms with Gasteiger partial charge in [-0.1, -0.05) is 18.6 Å². The highest BCUT2D eigenvalue weighted by molar-refractivity contribution is 5.88. The van der Waals surface area contributed by atoms with Gasteiger partial charge in [-0.15, -0.1) is 5.10 Å². The number of imidazole rings is 1. The van der Waals surface area contributed by atoms with Crippen molar-refractivity contribution in [2.24, 2.45) is 0 Å². The molecule has 0 saturated heterocycles. The van der Waals surface area contributed by atoms with E-state index in [1.807, 2.05) is 4.57 Å². The average molecular weight is 277 g/mol. The summed E-state index contributed by atoms with van der Waals surface area (Å²) in [5.41, 5.74) is 2.14. The molecule has 0 saturated carbocycles. The van der Waals surface area contributed by atoms with Gasteiger partial charge in [0.1, 0.15) is 0 Å². The first-order valence-electron chi connectivity index (χ1n) is 6.70. The summed E-state index contributed by atoms with van der Waals surface area (Å²) in [6.07, 6.45) is 5.23. The lowest BCUT2D eigenvalue weighted by Gasteiger charge is -2.08. The molecule has 0 spiro atoms. The fraction of sp³-hybridized carbons (Fsp3) is 0.538. The number of rotatable bonds is 6. The molecule has 0 fully saturated rings. The molecule has 0 amide bonds. The first kappa shape index (κ1) is 14.2. The number of aromatic nitrogens is 5. The molecule has 2 aromatic heterocycles. The molecule has 2 heterocycles. The third-order valence-electron chi connectivity index (χ3n) is 3.15. The number of carbonyl (C=O) groups is 1. The Balaban J connectivity index is 2.32. The van der Waals surface area contributed by atoms with Crippen LogP contribution in [0.3, 0.4) is 0 Å². The van der Waals surface area contributed by atoms with Crippen LogP contribution in [0.25, 0.3) is 0 Å². The SMILES string of the molecule is CCCc1c(C(=O)OC)nnn1Cc1cncn1CC. The molecule has 7 heteroatoms. The van der Waals surface area contributed by atoms with Crippen molar-refractivity contribution in [3.8, 4) is 0 Å². The van der Waals surface area contributed by atoms with Crippen LogP contribution in [0.4, 0.5) is 0 Å². The quantitative estimate of drug-likeness (QED) is 0.744. The minimum Gasteiger partial charge on any atom is -0.464 e. The van der Waals surface area contributed by atoms with E-state index in [9.17, 15) is 4.79 Å². The van der Waals surface area contributed by atoms with Gasteiger partial charge in [-0.2, -0.15) is 0 Å². The number of methoxy groups -OCH3 is 1. The van der Waals surface area contributed by atoms with Crippen LogP contribution in [-0.2, 0) is 24.2 Å². The molecule has 2 aromatic rings. The second kappa shape index (κ2) is 6.31. The Morgan fingerprint density at radius 3 is 2.85 bits per heavy atom. The van der Waals surface area contributed by atoms with E-state index < -0.39 is 5.97 Å². The standard InChI is InChI=1S/C13H19N5O2/c1-4-6-11-12(13(19)20-3)15-16-18(11)8-10-7-14-9-17(10)5-2/h7,9H,4-6,8H2,1-3H3. The van der Waals surface area contributed by atoms with Gasteiger partial charge in [-0.05, 0) is 13.3 Å². The predicted octanol–water partition coefficient (Wildman–Crippen LogP) is 1.28. The maximum Gasteiger partial charge on any atom is 0.360 e. The minimum absolute atomic E-state index is 0.303. The molecule has 108 valence electrons. The highest BCUT2D eigenvalue weighted by atomic mass is 16.5. The summed E-state index contributed by atoms with van der Waals surface area (Å²) in [6.45, 7) is 5.50. The smallest absolute Gasteiger partial charge is 0.360 e. The monoisotopic (exact) mass is 277 g/mol. The van der Waals surface area contributed by atoms with Gasteiger partial charge < -0.3 is 9.30 Å². The first-order valence-corrected chi connectivity index (χ1v) is 6.70. The first-order chi connectivity index (χ1) is 9.71. The normalized spacial score (nSPS) is 10.8. The van der Waals surface area contributed by atoms with E-state index in [0.717, 1.165) is 30.8 Å². The molecule has 0 N–H and O–H groups in total. The molecule has 0 aliphatic rings. The number of hydrogen-bond donors (Lipinski definition) is 0. The Bertz CT molecular complexity index is 587. The summed E-state index contributed by atoms with van der Waals surface area (Å²) in [4.78, 5) is 15.8. The van der Waals surface area contributed by atoms with Gasteiger partial charge in [0.2, 0.25) is 0 Å². The van der Waals surface area contributed by atoms with E-state index in [2.05, 4.69) is 29.1 Å². The minimum atomic E-state index is -0.441. The van der Waals surface area contributed by atoms with Crippen LogP contribution in [0, 0.1) is 0 Å². The zero-order chi connectivity index (χ0) is 14.5. The lowest BCUT2D eigenvalue weighted by Crippen LogP contribution is -2.12. The van der Waals surface area contributed by atoms with Crippen LogP contribution in [0.1, 0.15) is 42.1 Å². The Labute approximate surface area is 117 Å². The van der Waals surface area contributed by atoms with Crippen LogP contribution in [0.5, 0.6) is 0 Å². The van der Waals surface area contributed by atoms with Crippen molar-refractivity contribution in [1.29, 1.82) is 0 Å². The number of hydrogen-bond acceptors (Lipinski definition) is 5.